The van der Waals surface area contributed by atoms with E-state index in [2.05, 4.69) is 56.8 Å². The molecular weight excluding hydrogens is 204 g/mol. The predicted molar refractivity (Wildman–Crippen MR) is 76.2 cm³/mol. The second-order valence-electron chi connectivity index (χ2n) is 4.09. The van der Waals surface area contributed by atoms with E-state index in [4.69, 9.17) is 0 Å². The topological polar surface area (TPSA) is 0 Å². The minimum Gasteiger partial charge on any atom is -0.102 e. The Morgan fingerprint density at radius 2 is 1.35 bits per heavy atom. The number of benzene rings is 2. The molecular formula is C17H20. The van der Waals surface area contributed by atoms with Gasteiger partial charge in [0, 0.05) is 0 Å². The van der Waals surface area contributed by atoms with Gasteiger partial charge in [-0.2, -0.15) is 0 Å². The zero-order chi connectivity index (χ0) is 12.5. The maximum atomic E-state index is 3.74. The Balaban J connectivity index is 0.000000181. The number of hydrogen-bond acceptors (Lipinski definition) is 0. The van der Waals surface area contributed by atoms with Crippen molar-refractivity contribution in [3.8, 4) is 0 Å². The highest BCUT2D eigenvalue weighted by Crippen LogP contribution is 2.14. The van der Waals surface area contributed by atoms with Crippen LogP contribution in [0.25, 0.3) is 0 Å². The largest absolute Gasteiger partial charge is 0.102 e. The van der Waals surface area contributed by atoms with Crippen LogP contribution in [0, 0.1) is 6.92 Å². The summed E-state index contributed by atoms with van der Waals surface area (Å²) in [5.74, 6) is 0.473. The van der Waals surface area contributed by atoms with E-state index in [0.29, 0.717) is 5.92 Å². The third kappa shape index (κ3) is 5.17. The molecule has 2 aromatic carbocycles. The summed E-state index contributed by atoms with van der Waals surface area (Å²) in [6, 6.07) is 20.6. The van der Waals surface area contributed by atoms with Crippen LogP contribution in [0.1, 0.15) is 24.0 Å². The van der Waals surface area contributed by atoms with E-state index in [1.54, 1.807) is 0 Å². The summed E-state index contributed by atoms with van der Waals surface area (Å²) >= 11 is 0. The van der Waals surface area contributed by atoms with Crippen LogP contribution in [-0.2, 0) is 0 Å². The highest BCUT2D eigenvalue weighted by molar-refractivity contribution is 5.21. The minimum absolute atomic E-state index is 0.473. The van der Waals surface area contributed by atoms with E-state index in [1.807, 2.05) is 30.3 Å². The maximum absolute atomic E-state index is 3.74. The van der Waals surface area contributed by atoms with Gasteiger partial charge in [-0.15, -0.1) is 6.58 Å². The maximum Gasteiger partial charge on any atom is -0.00131 e. The Bertz CT molecular complexity index is 414. The molecule has 88 valence electrons. The number of rotatable bonds is 2. The van der Waals surface area contributed by atoms with Crippen LogP contribution in [0.5, 0.6) is 0 Å². The molecule has 0 aromatic heterocycles. The van der Waals surface area contributed by atoms with Gasteiger partial charge in [0.2, 0.25) is 0 Å². The average molecular weight is 224 g/mol. The second-order valence-corrected chi connectivity index (χ2v) is 4.09. The fraction of sp³-hybridized carbons (Fsp3) is 0.176. The van der Waals surface area contributed by atoms with Crippen molar-refractivity contribution >= 4 is 0 Å². The number of aryl methyl sites for hydroxylation is 1. The molecule has 2 rings (SSSR count). The molecule has 0 spiro atoms. The molecule has 0 aliphatic carbocycles. The van der Waals surface area contributed by atoms with Crippen LogP contribution in [0.2, 0.25) is 0 Å². The molecule has 0 nitrogen and oxygen atoms in total. The van der Waals surface area contributed by atoms with Crippen LogP contribution in [0.4, 0.5) is 0 Å². The molecule has 17 heavy (non-hydrogen) atoms. The van der Waals surface area contributed by atoms with Gasteiger partial charge in [-0.05, 0) is 18.4 Å². The van der Waals surface area contributed by atoms with Gasteiger partial charge >= 0.3 is 0 Å². The second kappa shape index (κ2) is 7.45. The third-order valence-corrected chi connectivity index (χ3v) is 2.62. The summed E-state index contributed by atoms with van der Waals surface area (Å²) in [5.41, 5.74) is 2.65. The molecule has 0 radical (unpaired) electrons. The highest BCUT2D eigenvalue weighted by atomic mass is 14.0. The zero-order valence-electron chi connectivity index (χ0n) is 10.6. The SMILES string of the molecule is C=CC(C)c1ccccc1.Cc1ccccc1. The monoisotopic (exact) mass is 224 g/mol. The summed E-state index contributed by atoms with van der Waals surface area (Å²) in [6.45, 7) is 7.96. The van der Waals surface area contributed by atoms with Crippen LogP contribution < -0.4 is 0 Å². The summed E-state index contributed by atoms with van der Waals surface area (Å²) in [5, 5.41) is 0. The van der Waals surface area contributed by atoms with E-state index in [0.717, 1.165) is 0 Å². The first-order valence-corrected chi connectivity index (χ1v) is 5.93. The molecule has 2 aromatic rings. The molecule has 1 atom stereocenters. The van der Waals surface area contributed by atoms with E-state index in [-0.39, 0.29) is 0 Å². The molecule has 1 unspecified atom stereocenters. The van der Waals surface area contributed by atoms with Crippen molar-refractivity contribution in [2.24, 2.45) is 0 Å². The molecule has 0 N–H and O–H groups in total. The van der Waals surface area contributed by atoms with Gasteiger partial charge in [-0.1, -0.05) is 79.2 Å². The van der Waals surface area contributed by atoms with E-state index < -0.39 is 0 Å². The predicted octanol–water partition coefficient (Wildman–Crippen LogP) is 4.97. The zero-order valence-corrected chi connectivity index (χ0v) is 10.6. The smallest absolute Gasteiger partial charge is 0.00131 e. The molecule has 0 aliphatic rings. The first-order valence-electron chi connectivity index (χ1n) is 5.93. The van der Waals surface area contributed by atoms with Crippen molar-refractivity contribution < 1.29 is 0 Å². The van der Waals surface area contributed by atoms with Crippen molar-refractivity contribution in [1.29, 1.82) is 0 Å². The Morgan fingerprint density at radius 1 is 0.882 bits per heavy atom. The lowest BCUT2D eigenvalue weighted by Crippen LogP contribution is -1.85. The first kappa shape index (κ1) is 13.2. The van der Waals surface area contributed by atoms with Crippen LogP contribution in [0.15, 0.2) is 73.3 Å². The van der Waals surface area contributed by atoms with Crippen LogP contribution in [0.3, 0.4) is 0 Å². The fourth-order valence-electron chi connectivity index (χ4n) is 1.43. The molecule has 0 saturated heterocycles. The van der Waals surface area contributed by atoms with Crippen molar-refractivity contribution in [2.75, 3.05) is 0 Å². The molecule has 0 saturated carbocycles. The van der Waals surface area contributed by atoms with Crippen LogP contribution in [-0.4, -0.2) is 0 Å². The van der Waals surface area contributed by atoms with Gasteiger partial charge in [0.05, 0.1) is 0 Å². The Hall–Kier alpha value is -1.82. The van der Waals surface area contributed by atoms with Crippen molar-refractivity contribution in [3.63, 3.8) is 0 Å². The van der Waals surface area contributed by atoms with Crippen molar-refractivity contribution in [3.05, 3.63) is 84.4 Å². The first-order chi connectivity index (χ1) is 8.24. The van der Waals surface area contributed by atoms with Gasteiger partial charge in [-0.3, -0.25) is 0 Å². The number of hydrogen-bond donors (Lipinski definition) is 0. The highest BCUT2D eigenvalue weighted by Gasteiger charge is 1.96. The fourth-order valence-corrected chi connectivity index (χ4v) is 1.43. The summed E-state index contributed by atoms with van der Waals surface area (Å²) < 4.78 is 0. The van der Waals surface area contributed by atoms with Crippen LogP contribution >= 0.6 is 0 Å². The van der Waals surface area contributed by atoms with Gasteiger partial charge in [0.25, 0.3) is 0 Å². The van der Waals surface area contributed by atoms with Crippen molar-refractivity contribution in [1.82, 2.24) is 0 Å². The Labute approximate surface area is 105 Å². The third-order valence-electron chi connectivity index (χ3n) is 2.62. The quantitative estimate of drug-likeness (QED) is 0.632. The minimum atomic E-state index is 0.473. The molecule has 0 bridgehead atoms. The standard InChI is InChI=1S/C10H12.C7H8/c1-3-9(2)10-7-5-4-6-8-10;1-7-5-3-2-4-6-7/h3-9H,1H2,2H3;2-6H,1H3. The van der Waals surface area contributed by atoms with E-state index in [9.17, 15) is 0 Å². The molecule has 0 heteroatoms. The van der Waals surface area contributed by atoms with Crippen molar-refractivity contribution in [2.45, 2.75) is 19.8 Å². The lowest BCUT2D eigenvalue weighted by molar-refractivity contribution is 0.971. The average Bonchev–Trinajstić information content (AvgIpc) is 2.40. The summed E-state index contributed by atoms with van der Waals surface area (Å²) in [6.07, 6.45) is 1.95. The van der Waals surface area contributed by atoms with Gasteiger partial charge in [0.1, 0.15) is 0 Å². The summed E-state index contributed by atoms with van der Waals surface area (Å²) in [7, 11) is 0. The van der Waals surface area contributed by atoms with Gasteiger partial charge < -0.3 is 0 Å². The lowest BCUT2D eigenvalue weighted by atomic mass is 10.0. The molecule has 0 fully saturated rings. The Morgan fingerprint density at radius 3 is 1.71 bits per heavy atom. The normalized spacial score (nSPS) is 10.9. The lowest BCUT2D eigenvalue weighted by Gasteiger charge is -2.03. The summed E-state index contributed by atoms with van der Waals surface area (Å²) in [4.78, 5) is 0. The number of allylic oxidation sites excluding steroid dienone is 1. The molecule has 0 amide bonds. The Kier molecular flexibility index (Phi) is 5.81. The van der Waals surface area contributed by atoms with Gasteiger partial charge in [-0.25, -0.2) is 0 Å². The molecule has 0 heterocycles. The van der Waals surface area contributed by atoms with Gasteiger partial charge in [0.15, 0.2) is 0 Å². The molecule has 0 aliphatic heterocycles. The van der Waals surface area contributed by atoms with E-state index in [1.165, 1.54) is 11.1 Å². The van der Waals surface area contributed by atoms with E-state index >= 15 is 0 Å².